The van der Waals surface area contributed by atoms with Crippen LogP contribution in [0.15, 0.2) is 84.0 Å². The first kappa shape index (κ1) is 22.9. The van der Waals surface area contributed by atoms with E-state index in [1.807, 2.05) is 54.6 Å². The van der Waals surface area contributed by atoms with Gasteiger partial charge in [-0.05, 0) is 53.9 Å². The minimum atomic E-state index is -0.564. The molecule has 9 heteroatoms. The fourth-order valence-electron chi connectivity index (χ4n) is 3.81. The number of fused-ring (bicyclic) bond motifs is 1. The number of carbonyl (C=O) groups is 1. The van der Waals surface area contributed by atoms with Crippen molar-refractivity contribution in [2.75, 3.05) is 10.7 Å². The van der Waals surface area contributed by atoms with Gasteiger partial charge >= 0.3 is 0 Å². The predicted molar refractivity (Wildman–Crippen MR) is 133 cm³/mol. The molecule has 1 aromatic heterocycles. The highest BCUT2D eigenvalue weighted by Crippen LogP contribution is 2.37. The molecule has 3 aromatic carbocycles. The van der Waals surface area contributed by atoms with Gasteiger partial charge in [0.2, 0.25) is 11.1 Å². The highest BCUT2D eigenvalue weighted by atomic mass is 32.2. The highest BCUT2D eigenvalue weighted by Gasteiger charge is 2.38. The number of carbonyl (C=O) groups excluding carboxylic acids is 1. The van der Waals surface area contributed by atoms with Gasteiger partial charge in [0.1, 0.15) is 23.4 Å². The van der Waals surface area contributed by atoms with E-state index in [1.54, 1.807) is 16.8 Å². The number of ether oxygens (including phenoxy) is 1. The zero-order chi connectivity index (χ0) is 24.2. The maximum Gasteiger partial charge on any atom is 0.240 e. The molecule has 0 bridgehead atoms. The zero-order valence-corrected chi connectivity index (χ0v) is 19.8. The molecule has 2 heterocycles. The maximum absolute atomic E-state index is 13.6. The molecule has 0 saturated heterocycles. The van der Waals surface area contributed by atoms with Crippen molar-refractivity contribution in [2.24, 2.45) is 0 Å². The summed E-state index contributed by atoms with van der Waals surface area (Å²) in [6, 6.07) is 22.9. The minimum Gasteiger partial charge on any atom is -0.486 e. The van der Waals surface area contributed by atoms with E-state index < -0.39 is 11.3 Å². The Hall–Kier alpha value is -3.85. The Kier molecular flexibility index (Phi) is 6.67. The van der Waals surface area contributed by atoms with Crippen LogP contribution >= 0.6 is 11.8 Å². The Labute approximate surface area is 206 Å². The summed E-state index contributed by atoms with van der Waals surface area (Å²) in [7, 11) is 0. The number of halogens is 1. The van der Waals surface area contributed by atoms with Gasteiger partial charge in [0, 0.05) is 5.69 Å². The lowest BCUT2D eigenvalue weighted by molar-refractivity contribution is -0.116. The summed E-state index contributed by atoms with van der Waals surface area (Å²) in [4.78, 5) is 13.4. The van der Waals surface area contributed by atoms with Crippen LogP contribution in [0.5, 0.6) is 5.75 Å². The van der Waals surface area contributed by atoms with Gasteiger partial charge in [0.15, 0.2) is 5.82 Å². The van der Waals surface area contributed by atoms with Gasteiger partial charge in [-0.1, -0.05) is 61.2 Å². The molecule has 2 atom stereocenters. The minimum absolute atomic E-state index is 0.183. The van der Waals surface area contributed by atoms with Gasteiger partial charge < -0.3 is 15.5 Å². The number of hydrogen-bond acceptors (Lipinski definition) is 6. The first-order valence-corrected chi connectivity index (χ1v) is 12.2. The fraction of sp³-hybridized carbons (Fsp3) is 0.192. The van der Waals surface area contributed by atoms with Gasteiger partial charge in [0.05, 0.1) is 6.04 Å². The number of para-hydroxylation sites is 1. The van der Waals surface area contributed by atoms with Crippen molar-refractivity contribution < 1.29 is 13.9 Å². The highest BCUT2D eigenvalue weighted by molar-refractivity contribution is 8.00. The molecule has 35 heavy (non-hydrogen) atoms. The number of nitrogens with one attached hydrogen (secondary N) is 2. The molecule has 0 aliphatic carbocycles. The predicted octanol–water partition coefficient (Wildman–Crippen LogP) is 4.96. The number of aromatic nitrogens is 3. The summed E-state index contributed by atoms with van der Waals surface area (Å²) in [5.41, 5.74) is 6.04. The third-order valence-corrected chi connectivity index (χ3v) is 6.95. The quantitative estimate of drug-likeness (QED) is 0.382. The normalized spacial score (nSPS) is 16.7. The SMILES string of the molecule is CCc1ccc(NC(=O)[C@@H]2Sc3nnc(COc4ccccc4)n3N[C@H]2c2ccc(F)cc2)cc1. The zero-order valence-electron chi connectivity index (χ0n) is 19.0. The lowest BCUT2D eigenvalue weighted by Gasteiger charge is -2.33. The van der Waals surface area contributed by atoms with Crippen LogP contribution in [0.3, 0.4) is 0 Å². The first-order chi connectivity index (χ1) is 17.1. The van der Waals surface area contributed by atoms with Crippen LogP contribution in [0.4, 0.5) is 10.1 Å². The molecule has 2 N–H and O–H groups in total. The Balaban J connectivity index is 1.40. The van der Waals surface area contributed by atoms with Crippen LogP contribution in [0.2, 0.25) is 0 Å². The van der Waals surface area contributed by atoms with Crippen molar-refractivity contribution in [1.82, 2.24) is 14.9 Å². The molecule has 0 unspecified atom stereocenters. The molecule has 5 rings (SSSR count). The number of rotatable bonds is 7. The summed E-state index contributed by atoms with van der Waals surface area (Å²) in [6.45, 7) is 2.28. The molecular weight excluding hydrogens is 465 g/mol. The summed E-state index contributed by atoms with van der Waals surface area (Å²) in [5, 5.41) is 11.5. The largest absolute Gasteiger partial charge is 0.486 e. The topological polar surface area (TPSA) is 81.1 Å². The van der Waals surface area contributed by atoms with E-state index in [0.717, 1.165) is 23.4 Å². The van der Waals surface area contributed by atoms with Crippen molar-refractivity contribution in [3.63, 3.8) is 0 Å². The van der Waals surface area contributed by atoms with E-state index >= 15 is 0 Å². The number of nitrogens with zero attached hydrogens (tertiary/aromatic N) is 3. The van der Waals surface area contributed by atoms with Crippen LogP contribution in [-0.4, -0.2) is 26.0 Å². The number of amides is 1. The van der Waals surface area contributed by atoms with Gasteiger partial charge in [-0.3, -0.25) is 4.79 Å². The van der Waals surface area contributed by atoms with Crippen molar-refractivity contribution in [3.8, 4) is 5.75 Å². The van der Waals surface area contributed by atoms with Crippen LogP contribution in [0.25, 0.3) is 0 Å². The third-order valence-electron chi connectivity index (χ3n) is 5.73. The van der Waals surface area contributed by atoms with Crippen molar-refractivity contribution in [3.05, 3.63) is 102 Å². The Morgan fingerprint density at radius 2 is 1.80 bits per heavy atom. The number of aryl methyl sites for hydroxylation is 1. The van der Waals surface area contributed by atoms with Crippen LogP contribution in [0, 0.1) is 5.82 Å². The number of anilines is 1. The molecule has 1 aliphatic heterocycles. The number of benzene rings is 3. The van der Waals surface area contributed by atoms with E-state index in [2.05, 4.69) is 27.9 Å². The average molecular weight is 490 g/mol. The van der Waals surface area contributed by atoms with E-state index in [1.165, 1.54) is 29.5 Å². The van der Waals surface area contributed by atoms with Gasteiger partial charge in [-0.2, -0.15) is 0 Å². The summed E-state index contributed by atoms with van der Waals surface area (Å²) < 4.78 is 21.2. The molecule has 7 nitrogen and oxygen atoms in total. The lowest BCUT2D eigenvalue weighted by Crippen LogP contribution is -2.41. The molecular formula is C26H24FN5O2S. The number of hydrogen-bond donors (Lipinski definition) is 2. The Morgan fingerprint density at radius 3 is 2.51 bits per heavy atom. The molecule has 0 radical (unpaired) electrons. The summed E-state index contributed by atoms with van der Waals surface area (Å²) in [5.74, 6) is 0.765. The van der Waals surface area contributed by atoms with Crippen molar-refractivity contribution >= 4 is 23.4 Å². The molecule has 0 spiro atoms. The smallest absolute Gasteiger partial charge is 0.240 e. The fourth-order valence-corrected chi connectivity index (χ4v) is 4.91. The second kappa shape index (κ2) is 10.2. The Bertz CT molecular complexity index is 1300. The van der Waals surface area contributed by atoms with Crippen LogP contribution in [-0.2, 0) is 17.8 Å². The van der Waals surface area contributed by atoms with Crippen molar-refractivity contribution in [1.29, 1.82) is 0 Å². The Morgan fingerprint density at radius 1 is 1.06 bits per heavy atom. The van der Waals surface area contributed by atoms with Gasteiger partial charge in [-0.25, -0.2) is 9.07 Å². The molecule has 4 aromatic rings. The molecule has 0 fully saturated rings. The van der Waals surface area contributed by atoms with Crippen molar-refractivity contribution in [2.45, 2.75) is 36.4 Å². The average Bonchev–Trinajstić information content (AvgIpc) is 3.30. The maximum atomic E-state index is 13.6. The van der Waals surface area contributed by atoms with E-state index in [0.29, 0.717) is 11.0 Å². The van der Waals surface area contributed by atoms with Gasteiger partial charge in [0.25, 0.3) is 0 Å². The molecule has 1 aliphatic rings. The second-order valence-corrected chi connectivity index (χ2v) is 9.18. The van der Waals surface area contributed by atoms with E-state index in [-0.39, 0.29) is 18.3 Å². The van der Waals surface area contributed by atoms with Gasteiger partial charge in [-0.15, -0.1) is 10.2 Å². The van der Waals surface area contributed by atoms with E-state index in [4.69, 9.17) is 4.74 Å². The summed E-state index contributed by atoms with van der Waals surface area (Å²) >= 11 is 1.31. The molecule has 178 valence electrons. The van der Waals surface area contributed by atoms with Crippen LogP contribution in [0.1, 0.15) is 29.9 Å². The second-order valence-electron chi connectivity index (χ2n) is 8.07. The first-order valence-electron chi connectivity index (χ1n) is 11.3. The van der Waals surface area contributed by atoms with E-state index in [9.17, 15) is 9.18 Å². The summed E-state index contributed by atoms with van der Waals surface area (Å²) in [6.07, 6.45) is 0.926. The number of thioether (sulfide) groups is 1. The standard InChI is InChI=1S/C26H24FN5O2S/c1-2-17-8-14-20(15-9-17)28-25(33)24-23(18-10-12-19(27)13-11-18)31-32-22(29-30-26(32)35-24)16-34-21-6-4-3-5-7-21/h3-15,23-24,31H,2,16H2,1H3,(H,28,33)/t23-,24+/m0/s1. The third kappa shape index (κ3) is 5.14. The molecule has 1 amide bonds. The monoisotopic (exact) mass is 489 g/mol. The van der Waals surface area contributed by atoms with Crippen LogP contribution < -0.4 is 15.5 Å². The molecule has 0 saturated carbocycles. The lowest BCUT2D eigenvalue weighted by atomic mass is 10.0.